The summed E-state index contributed by atoms with van der Waals surface area (Å²) in [5, 5.41) is 9.01. The highest BCUT2D eigenvalue weighted by molar-refractivity contribution is 5.49. The Labute approximate surface area is 107 Å². The third-order valence-corrected chi connectivity index (χ3v) is 2.77. The third kappa shape index (κ3) is 3.94. The van der Waals surface area contributed by atoms with Crippen molar-refractivity contribution in [3.8, 4) is 0 Å². The molecule has 0 saturated carbocycles. The molecule has 5 heteroatoms. The van der Waals surface area contributed by atoms with Crippen LogP contribution in [0, 0.1) is 5.82 Å². The number of nitrogens with zero attached hydrogens (tertiary/aromatic N) is 1. The number of ether oxygens (including phenoxy) is 1. The smallest absolute Gasteiger partial charge is 0.146 e. The highest BCUT2D eigenvalue weighted by Crippen LogP contribution is 2.22. The first kappa shape index (κ1) is 14.9. The van der Waals surface area contributed by atoms with Crippen molar-refractivity contribution in [3.05, 3.63) is 29.6 Å². The van der Waals surface area contributed by atoms with Crippen LogP contribution in [-0.4, -0.2) is 38.5 Å². The maximum absolute atomic E-state index is 14.0. The number of hydrogen-bond acceptors (Lipinski definition) is 4. The Morgan fingerprint density at radius 2 is 2.17 bits per heavy atom. The molecular formula is C13H21FN2O2. The molecule has 0 bridgehead atoms. The average Bonchev–Trinajstić information content (AvgIpc) is 2.34. The molecule has 0 aliphatic carbocycles. The zero-order chi connectivity index (χ0) is 13.5. The van der Waals surface area contributed by atoms with Crippen molar-refractivity contribution in [2.75, 3.05) is 38.3 Å². The fourth-order valence-corrected chi connectivity index (χ4v) is 1.74. The van der Waals surface area contributed by atoms with E-state index in [1.54, 1.807) is 24.1 Å². The number of aliphatic hydroxyl groups excluding tert-OH is 1. The predicted octanol–water partition coefficient (Wildman–Crippen LogP) is 1.29. The van der Waals surface area contributed by atoms with Crippen LogP contribution in [0.3, 0.4) is 0 Å². The maximum atomic E-state index is 14.0. The second-order valence-electron chi connectivity index (χ2n) is 4.20. The van der Waals surface area contributed by atoms with Gasteiger partial charge in [0.05, 0.1) is 18.9 Å². The van der Waals surface area contributed by atoms with E-state index in [2.05, 4.69) is 0 Å². The summed E-state index contributed by atoms with van der Waals surface area (Å²) in [4.78, 5) is 1.75. The van der Waals surface area contributed by atoms with Crippen LogP contribution < -0.4 is 10.6 Å². The van der Waals surface area contributed by atoms with Crippen LogP contribution in [-0.2, 0) is 4.74 Å². The van der Waals surface area contributed by atoms with Crippen LogP contribution in [0.4, 0.5) is 10.1 Å². The molecule has 102 valence electrons. The lowest BCUT2D eigenvalue weighted by Gasteiger charge is -2.24. The Hall–Kier alpha value is -1.17. The average molecular weight is 256 g/mol. The summed E-state index contributed by atoms with van der Waals surface area (Å²) >= 11 is 0. The lowest BCUT2D eigenvalue weighted by Crippen LogP contribution is -2.31. The van der Waals surface area contributed by atoms with Gasteiger partial charge < -0.3 is 20.5 Å². The Bertz CT molecular complexity index is 372. The first-order valence-electron chi connectivity index (χ1n) is 6.00. The number of benzene rings is 1. The van der Waals surface area contributed by atoms with E-state index in [0.29, 0.717) is 25.4 Å². The molecular weight excluding hydrogens is 235 g/mol. The minimum absolute atomic E-state index is 0.0296. The van der Waals surface area contributed by atoms with E-state index < -0.39 is 0 Å². The molecule has 0 radical (unpaired) electrons. The van der Waals surface area contributed by atoms with Crippen LogP contribution in [0.2, 0.25) is 0 Å². The quantitative estimate of drug-likeness (QED) is 0.772. The van der Waals surface area contributed by atoms with Gasteiger partial charge in [0.15, 0.2) is 0 Å². The number of halogens is 1. The molecule has 1 atom stereocenters. The van der Waals surface area contributed by atoms with Crippen molar-refractivity contribution < 1.29 is 14.2 Å². The molecule has 0 spiro atoms. The van der Waals surface area contributed by atoms with E-state index in [1.807, 2.05) is 6.92 Å². The minimum atomic E-state index is -0.325. The highest BCUT2D eigenvalue weighted by atomic mass is 19.1. The molecule has 0 aliphatic heterocycles. The summed E-state index contributed by atoms with van der Waals surface area (Å²) in [6, 6.07) is 4.75. The Morgan fingerprint density at radius 3 is 2.67 bits per heavy atom. The van der Waals surface area contributed by atoms with Crippen molar-refractivity contribution in [3.63, 3.8) is 0 Å². The molecule has 1 rings (SSSR count). The van der Waals surface area contributed by atoms with Crippen LogP contribution in [0.25, 0.3) is 0 Å². The monoisotopic (exact) mass is 256 g/mol. The molecule has 0 aromatic heterocycles. The number of rotatable bonds is 7. The Morgan fingerprint density at radius 1 is 1.44 bits per heavy atom. The van der Waals surface area contributed by atoms with E-state index in [9.17, 15) is 4.39 Å². The maximum Gasteiger partial charge on any atom is 0.146 e. The fourth-order valence-electron chi connectivity index (χ4n) is 1.74. The Balaban J connectivity index is 2.90. The summed E-state index contributed by atoms with van der Waals surface area (Å²) in [6.45, 7) is 3.17. The van der Waals surface area contributed by atoms with Gasteiger partial charge >= 0.3 is 0 Å². The predicted molar refractivity (Wildman–Crippen MR) is 70.2 cm³/mol. The van der Waals surface area contributed by atoms with E-state index in [1.165, 1.54) is 6.07 Å². The molecule has 0 heterocycles. The van der Waals surface area contributed by atoms with Crippen molar-refractivity contribution >= 4 is 5.69 Å². The summed E-state index contributed by atoms with van der Waals surface area (Å²) in [6.07, 6.45) is 0. The number of anilines is 1. The van der Waals surface area contributed by atoms with Crippen molar-refractivity contribution in [1.82, 2.24) is 0 Å². The summed E-state index contributed by atoms with van der Waals surface area (Å²) in [5.74, 6) is -0.325. The zero-order valence-corrected chi connectivity index (χ0v) is 10.9. The molecule has 0 aliphatic rings. The van der Waals surface area contributed by atoms with Crippen LogP contribution in [0.15, 0.2) is 18.2 Å². The van der Waals surface area contributed by atoms with Gasteiger partial charge in [-0.25, -0.2) is 4.39 Å². The van der Waals surface area contributed by atoms with Gasteiger partial charge in [0.1, 0.15) is 5.82 Å². The van der Waals surface area contributed by atoms with E-state index in [4.69, 9.17) is 15.6 Å². The molecule has 1 aromatic carbocycles. The molecule has 0 saturated heterocycles. The molecule has 1 aromatic rings. The van der Waals surface area contributed by atoms with Crippen LogP contribution >= 0.6 is 0 Å². The first-order chi connectivity index (χ1) is 8.60. The van der Waals surface area contributed by atoms with Gasteiger partial charge in [-0.05, 0) is 24.6 Å². The largest absolute Gasteiger partial charge is 0.395 e. The number of nitrogens with two attached hydrogens (primary N) is 1. The molecule has 0 fully saturated rings. The van der Waals surface area contributed by atoms with Gasteiger partial charge in [-0.1, -0.05) is 6.07 Å². The summed E-state index contributed by atoms with van der Waals surface area (Å²) in [7, 11) is 1.59. The molecule has 18 heavy (non-hydrogen) atoms. The van der Waals surface area contributed by atoms with Gasteiger partial charge in [-0.2, -0.15) is 0 Å². The van der Waals surface area contributed by atoms with Gasteiger partial charge in [0.2, 0.25) is 0 Å². The number of hydrogen-bond donors (Lipinski definition) is 2. The number of aliphatic hydroxyl groups is 1. The SMILES string of the molecule is COCCN(CCO)c1ccc([C@@H](C)N)cc1F. The van der Waals surface area contributed by atoms with E-state index in [0.717, 1.165) is 5.56 Å². The fraction of sp³-hybridized carbons (Fsp3) is 0.538. The molecule has 4 nitrogen and oxygen atoms in total. The lowest BCUT2D eigenvalue weighted by molar-refractivity contribution is 0.202. The molecule has 0 amide bonds. The second kappa shape index (κ2) is 7.31. The van der Waals surface area contributed by atoms with Gasteiger partial charge in [0.25, 0.3) is 0 Å². The van der Waals surface area contributed by atoms with Crippen LogP contribution in [0.1, 0.15) is 18.5 Å². The highest BCUT2D eigenvalue weighted by Gasteiger charge is 2.12. The van der Waals surface area contributed by atoms with E-state index >= 15 is 0 Å². The molecule has 0 unspecified atom stereocenters. The molecule has 3 N–H and O–H groups in total. The normalized spacial score (nSPS) is 12.5. The topological polar surface area (TPSA) is 58.7 Å². The van der Waals surface area contributed by atoms with Gasteiger partial charge in [0, 0.05) is 26.2 Å². The van der Waals surface area contributed by atoms with E-state index in [-0.39, 0.29) is 18.5 Å². The van der Waals surface area contributed by atoms with Crippen LogP contribution in [0.5, 0.6) is 0 Å². The first-order valence-corrected chi connectivity index (χ1v) is 6.00. The summed E-state index contributed by atoms with van der Waals surface area (Å²) in [5.41, 5.74) is 6.93. The van der Waals surface area contributed by atoms with Crippen molar-refractivity contribution in [2.24, 2.45) is 5.73 Å². The standard InChI is InChI=1S/C13H21FN2O2/c1-10(15)11-3-4-13(12(14)9-11)16(5-7-17)6-8-18-2/h3-4,9-10,17H,5-8,15H2,1-2H3/t10-/m1/s1. The second-order valence-corrected chi connectivity index (χ2v) is 4.20. The van der Waals surface area contributed by atoms with Crippen molar-refractivity contribution in [2.45, 2.75) is 13.0 Å². The van der Waals surface area contributed by atoms with Crippen molar-refractivity contribution in [1.29, 1.82) is 0 Å². The summed E-state index contributed by atoms with van der Waals surface area (Å²) < 4.78 is 19.0. The zero-order valence-electron chi connectivity index (χ0n) is 10.9. The third-order valence-electron chi connectivity index (χ3n) is 2.77. The number of methoxy groups -OCH3 is 1. The van der Waals surface area contributed by atoms with Gasteiger partial charge in [-0.15, -0.1) is 0 Å². The minimum Gasteiger partial charge on any atom is -0.395 e. The van der Waals surface area contributed by atoms with Gasteiger partial charge in [-0.3, -0.25) is 0 Å². The lowest BCUT2D eigenvalue weighted by atomic mass is 10.1. The Kier molecular flexibility index (Phi) is 6.04.